The van der Waals surface area contributed by atoms with Crippen LogP contribution in [0.3, 0.4) is 0 Å². The molecule has 1 amide bonds. The molecule has 1 fully saturated rings. The Bertz CT molecular complexity index is 822. The summed E-state index contributed by atoms with van der Waals surface area (Å²) in [6, 6.07) is 9.68. The number of rotatable bonds is 4. The highest BCUT2D eigenvalue weighted by Crippen LogP contribution is 2.32. The van der Waals surface area contributed by atoms with E-state index in [1.165, 1.54) is 17.3 Å². The summed E-state index contributed by atoms with van der Waals surface area (Å²) in [4.78, 5) is 31.0. The van der Waals surface area contributed by atoms with Crippen molar-refractivity contribution in [1.29, 1.82) is 0 Å². The van der Waals surface area contributed by atoms with Crippen LogP contribution < -0.4 is 0 Å². The summed E-state index contributed by atoms with van der Waals surface area (Å²) < 4.78 is 0. The Balaban J connectivity index is 1.83. The van der Waals surface area contributed by atoms with E-state index in [4.69, 9.17) is 5.11 Å². The predicted octanol–water partition coefficient (Wildman–Crippen LogP) is 3.40. The number of carboxylic acid groups (broad SMARTS) is 1. The molecule has 1 atom stereocenters. The largest absolute Gasteiger partial charge is 0.481 e. The van der Waals surface area contributed by atoms with E-state index in [-0.39, 0.29) is 12.5 Å². The standard InChI is InChI=1S/C19H20N2O3S/c1-12-5-6-16(13(2)10-12)25-17-15(4-3-8-20-17)18(22)21-9-7-14(11-21)19(23)24/h3-6,8,10,14H,7,9,11H2,1-2H3,(H,23,24). The van der Waals surface area contributed by atoms with E-state index in [0.717, 1.165) is 10.5 Å². The minimum atomic E-state index is -0.841. The summed E-state index contributed by atoms with van der Waals surface area (Å²) in [7, 11) is 0. The lowest BCUT2D eigenvalue weighted by atomic mass is 10.1. The second kappa shape index (κ2) is 7.27. The molecule has 1 N–H and O–H groups in total. The number of pyridine rings is 1. The molecule has 1 aromatic carbocycles. The zero-order valence-electron chi connectivity index (χ0n) is 14.2. The van der Waals surface area contributed by atoms with Gasteiger partial charge in [0.1, 0.15) is 5.03 Å². The van der Waals surface area contributed by atoms with E-state index in [1.807, 2.05) is 26.0 Å². The van der Waals surface area contributed by atoms with Crippen LogP contribution in [0.1, 0.15) is 27.9 Å². The molecule has 0 spiro atoms. The molecule has 130 valence electrons. The molecule has 1 aromatic heterocycles. The van der Waals surface area contributed by atoms with Gasteiger partial charge in [-0.05, 0) is 44.0 Å². The second-order valence-corrected chi connectivity index (χ2v) is 7.33. The minimum Gasteiger partial charge on any atom is -0.481 e. The normalized spacial score (nSPS) is 16.9. The molecule has 0 saturated carbocycles. The molecular weight excluding hydrogens is 336 g/mol. The molecule has 1 saturated heterocycles. The molecule has 1 aliphatic rings. The summed E-state index contributed by atoms with van der Waals surface area (Å²) in [5.74, 6) is -1.47. The highest BCUT2D eigenvalue weighted by atomic mass is 32.2. The number of aliphatic carboxylic acids is 1. The summed E-state index contributed by atoms with van der Waals surface area (Å²) >= 11 is 1.47. The third-order valence-corrected chi connectivity index (χ3v) is 5.56. The second-order valence-electron chi connectivity index (χ2n) is 6.30. The molecule has 3 rings (SSSR count). The number of hydrogen-bond donors (Lipinski definition) is 1. The summed E-state index contributed by atoms with van der Waals surface area (Å²) in [5.41, 5.74) is 2.86. The van der Waals surface area contributed by atoms with Gasteiger partial charge in [-0.25, -0.2) is 4.98 Å². The lowest BCUT2D eigenvalue weighted by Gasteiger charge is -2.17. The molecule has 0 aliphatic carbocycles. The monoisotopic (exact) mass is 356 g/mol. The first kappa shape index (κ1) is 17.5. The Labute approximate surface area is 151 Å². The molecule has 6 heteroatoms. The van der Waals surface area contributed by atoms with Crippen LogP contribution in [-0.4, -0.2) is 40.0 Å². The fourth-order valence-corrected chi connectivity index (χ4v) is 3.91. The number of likely N-dealkylation sites (tertiary alicyclic amines) is 1. The topological polar surface area (TPSA) is 70.5 Å². The first-order valence-electron chi connectivity index (χ1n) is 8.18. The van der Waals surface area contributed by atoms with Crippen molar-refractivity contribution in [2.45, 2.75) is 30.2 Å². The minimum absolute atomic E-state index is 0.149. The quantitative estimate of drug-likeness (QED) is 0.909. The van der Waals surface area contributed by atoms with Crippen LogP contribution in [0.5, 0.6) is 0 Å². The van der Waals surface area contributed by atoms with Gasteiger partial charge in [0.25, 0.3) is 5.91 Å². The molecule has 2 heterocycles. The Kier molecular flexibility index (Phi) is 5.08. The van der Waals surface area contributed by atoms with E-state index >= 15 is 0 Å². The van der Waals surface area contributed by atoms with Crippen LogP contribution in [0.2, 0.25) is 0 Å². The number of carbonyl (C=O) groups is 2. The summed E-state index contributed by atoms with van der Waals surface area (Å²) in [6.07, 6.45) is 2.17. The maximum atomic E-state index is 12.8. The molecule has 2 aromatic rings. The first-order chi connectivity index (χ1) is 12.0. The molecular formula is C19H20N2O3S. The van der Waals surface area contributed by atoms with Gasteiger partial charge in [0.05, 0.1) is 11.5 Å². The number of benzene rings is 1. The Morgan fingerprint density at radius 1 is 1.28 bits per heavy atom. The molecule has 1 aliphatic heterocycles. The number of carboxylic acids is 1. The van der Waals surface area contributed by atoms with Gasteiger partial charge in [-0.3, -0.25) is 9.59 Å². The SMILES string of the molecule is Cc1ccc(Sc2ncccc2C(=O)N2CCC(C(=O)O)C2)c(C)c1. The van der Waals surface area contributed by atoms with Crippen molar-refractivity contribution in [3.05, 3.63) is 53.2 Å². The fraction of sp³-hybridized carbons (Fsp3) is 0.316. The maximum absolute atomic E-state index is 12.8. The Morgan fingerprint density at radius 3 is 2.76 bits per heavy atom. The number of carbonyl (C=O) groups excluding carboxylic acids is 1. The van der Waals surface area contributed by atoms with Gasteiger partial charge in [0.15, 0.2) is 0 Å². The molecule has 1 unspecified atom stereocenters. The van der Waals surface area contributed by atoms with Gasteiger partial charge in [-0.15, -0.1) is 0 Å². The van der Waals surface area contributed by atoms with Gasteiger partial charge in [0, 0.05) is 24.2 Å². The van der Waals surface area contributed by atoms with Gasteiger partial charge in [0.2, 0.25) is 0 Å². The third-order valence-electron chi connectivity index (χ3n) is 4.36. The summed E-state index contributed by atoms with van der Waals surface area (Å²) in [6.45, 7) is 4.82. The number of aryl methyl sites for hydroxylation is 2. The smallest absolute Gasteiger partial charge is 0.308 e. The highest BCUT2D eigenvalue weighted by molar-refractivity contribution is 7.99. The number of hydrogen-bond acceptors (Lipinski definition) is 4. The molecule has 0 radical (unpaired) electrons. The average molecular weight is 356 g/mol. The van der Waals surface area contributed by atoms with E-state index in [0.29, 0.717) is 23.6 Å². The van der Waals surface area contributed by atoms with E-state index < -0.39 is 11.9 Å². The maximum Gasteiger partial charge on any atom is 0.308 e. The van der Waals surface area contributed by atoms with E-state index in [2.05, 4.69) is 11.1 Å². The van der Waals surface area contributed by atoms with Crippen molar-refractivity contribution >= 4 is 23.6 Å². The Hall–Kier alpha value is -2.34. The van der Waals surface area contributed by atoms with Crippen molar-refractivity contribution in [3.63, 3.8) is 0 Å². The highest BCUT2D eigenvalue weighted by Gasteiger charge is 2.32. The van der Waals surface area contributed by atoms with Gasteiger partial charge in [-0.2, -0.15) is 0 Å². The van der Waals surface area contributed by atoms with Crippen LogP contribution in [0, 0.1) is 19.8 Å². The molecule has 25 heavy (non-hydrogen) atoms. The van der Waals surface area contributed by atoms with Crippen molar-refractivity contribution in [1.82, 2.24) is 9.88 Å². The fourth-order valence-electron chi connectivity index (χ4n) is 2.97. The third kappa shape index (κ3) is 3.85. The zero-order valence-corrected chi connectivity index (χ0v) is 15.0. The van der Waals surface area contributed by atoms with Crippen LogP contribution in [0.25, 0.3) is 0 Å². The van der Waals surface area contributed by atoms with E-state index in [1.54, 1.807) is 23.2 Å². The average Bonchev–Trinajstić information content (AvgIpc) is 3.07. The molecule has 5 nitrogen and oxygen atoms in total. The molecule has 0 bridgehead atoms. The van der Waals surface area contributed by atoms with Crippen molar-refractivity contribution in [3.8, 4) is 0 Å². The van der Waals surface area contributed by atoms with Crippen LogP contribution in [0.4, 0.5) is 0 Å². The van der Waals surface area contributed by atoms with Crippen LogP contribution in [0.15, 0.2) is 46.5 Å². The zero-order chi connectivity index (χ0) is 18.0. The lowest BCUT2D eigenvalue weighted by Crippen LogP contribution is -2.30. The Morgan fingerprint density at radius 2 is 2.08 bits per heavy atom. The summed E-state index contributed by atoms with van der Waals surface area (Å²) in [5, 5.41) is 9.78. The van der Waals surface area contributed by atoms with Gasteiger partial charge < -0.3 is 10.0 Å². The van der Waals surface area contributed by atoms with Gasteiger partial charge in [-0.1, -0.05) is 29.5 Å². The van der Waals surface area contributed by atoms with Gasteiger partial charge >= 0.3 is 5.97 Å². The van der Waals surface area contributed by atoms with E-state index in [9.17, 15) is 9.59 Å². The van der Waals surface area contributed by atoms with Crippen LogP contribution >= 0.6 is 11.8 Å². The van der Waals surface area contributed by atoms with Crippen LogP contribution in [-0.2, 0) is 4.79 Å². The lowest BCUT2D eigenvalue weighted by molar-refractivity contribution is -0.141. The predicted molar refractivity (Wildman–Crippen MR) is 95.9 cm³/mol. The first-order valence-corrected chi connectivity index (χ1v) is 8.99. The number of amides is 1. The van der Waals surface area contributed by atoms with Crippen molar-refractivity contribution in [2.75, 3.05) is 13.1 Å². The number of nitrogens with zero attached hydrogens (tertiary/aromatic N) is 2. The van der Waals surface area contributed by atoms with Crippen molar-refractivity contribution in [2.24, 2.45) is 5.92 Å². The van der Waals surface area contributed by atoms with Crippen molar-refractivity contribution < 1.29 is 14.7 Å². The number of aromatic nitrogens is 1.